The van der Waals surface area contributed by atoms with E-state index in [9.17, 15) is 9.59 Å². The first-order valence-electron chi connectivity index (χ1n) is 9.41. The van der Waals surface area contributed by atoms with Crippen molar-refractivity contribution in [3.63, 3.8) is 0 Å². The van der Waals surface area contributed by atoms with Crippen LogP contribution < -0.4 is 5.56 Å². The van der Waals surface area contributed by atoms with Gasteiger partial charge in [0.15, 0.2) is 17.1 Å². The highest BCUT2D eigenvalue weighted by atomic mass is 16.3. The lowest BCUT2D eigenvalue weighted by Gasteiger charge is -2.32. The zero-order valence-corrected chi connectivity index (χ0v) is 15.5. The number of nitrogens with one attached hydrogen (secondary N) is 1. The van der Waals surface area contributed by atoms with Gasteiger partial charge in [-0.3, -0.25) is 19.3 Å². The molecule has 1 amide bonds. The van der Waals surface area contributed by atoms with Crippen molar-refractivity contribution >= 4 is 16.9 Å². The van der Waals surface area contributed by atoms with Crippen LogP contribution >= 0.6 is 0 Å². The summed E-state index contributed by atoms with van der Waals surface area (Å²) < 4.78 is 6.99. The summed E-state index contributed by atoms with van der Waals surface area (Å²) in [7, 11) is 0. The molecule has 0 bridgehead atoms. The number of hydrogen-bond donors (Lipinski definition) is 1. The standard InChI is InChI=1S/C20H18N6O3/c27-19-14-3-1-7-21-18(14)22-12-26(19)13-5-8-25(9-6-13)20(28)16-11-15(23-24-16)17-4-2-10-29-17/h1-4,7,10-13H,5-6,8-9H2,(H,23,24). The molecule has 0 unspecified atom stereocenters. The quantitative estimate of drug-likeness (QED) is 0.575. The zero-order valence-electron chi connectivity index (χ0n) is 15.5. The molecule has 29 heavy (non-hydrogen) atoms. The molecule has 9 heteroatoms. The Morgan fingerprint density at radius 2 is 2.03 bits per heavy atom. The molecule has 4 aromatic heterocycles. The summed E-state index contributed by atoms with van der Waals surface area (Å²) in [6, 6.07) is 8.75. The first-order chi connectivity index (χ1) is 14.2. The summed E-state index contributed by atoms with van der Waals surface area (Å²) in [6.45, 7) is 1.09. The highest BCUT2D eigenvalue weighted by Gasteiger charge is 2.27. The molecule has 1 N–H and O–H groups in total. The number of pyridine rings is 1. The first-order valence-corrected chi connectivity index (χ1v) is 9.41. The van der Waals surface area contributed by atoms with Gasteiger partial charge < -0.3 is 9.32 Å². The molecule has 146 valence electrons. The van der Waals surface area contributed by atoms with E-state index in [0.717, 1.165) is 0 Å². The number of hydrogen-bond acceptors (Lipinski definition) is 6. The molecular formula is C20H18N6O3. The van der Waals surface area contributed by atoms with Crippen LogP contribution in [-0.2, 0) is 0 Å². The van der Waals surface area contributed by atoms with Gasteiger partial charge in [0.25, 0.3) is 11.5 Å². The van der Waals surface area contributed by atoms with E-state index < -0.39 is 0 Å². The summed E-state index contributed by atoms with van der Waals surface area (Å²) in [5.41, 5.74) is 1.37. The molecule has 1 aliphatic rings. The molecule has 4 aromatic rings. The fraction of sp³-hybridized carbons (Fsp3) is 0.250. The van der Waals surface area contributed by atoms with E-state index in [2.05, 4.69) is 20.2 Å². The summed E-state index contributed by atoms with van der Waals surface area (Å²) in [6.07, 6.45) is 6.10. The average molecular weight is 390 g/mol. The number of carbonyl (C=O) groups is 1. The van der Waals surface area contributed by atoms with Crippen molar-refractivity contribution in [1.82, 2.24) is 29.6 Å². The smallest absolute Gasteiger partial charge is 0.274 e. The van der Waals surface area contributed by atoms with Crippen molar-refractivity contribution in [3.8, 4) is 11.5 Å². The van der Waals surface area contributed by atoms with E-state index in [1.165, 1.54) is 0 Å². The van der Waals surface area contributed by atoms with Crippen molar-refractivity contribution in [2.75, 3.05) is 13.1 Å². The van der Waals surface area contributed by atoms with Crippen LogP contribution in [0.1, 0.15) is 29.4 Å². The van der Waals surface area contributed by atoms with E-state index in [1.54, 1.807) is 58.6 Å². The van der Waals surface area contributed by atoms with Gasteiger partial charge in [0.2, 0.25) is 0 Å². The number of rotatable bonds is 3. The van der Waals surface area contributed by atoms with E-state index >= 15 is 0 Å². The monoisotopic (exact) mass is 390 g/mol. The molecule has 0 saturated carbocycles. The van der Waals surface area contributed by atoms with Gasteiger partial charge in [0.1, 0.15) is 12.0 Å². The Labute approximate surface area is 165 Å². The molecule has 0 radical (unpaired) electrons. The van der Waals surface area contributed by atoms with Crippen molar-refractivity contribution in [1.29, 1.82) is 0 Å². The fourth-order valence-electron chi connectivity index (χ4n) is 3.73. The predicted octanol–water partition coefficient (Wildman–Crippen LogP) is 2.25. The Morgan fingerprint density at radius 3 is 2.83 bits per heavy atom. The second-order valence-electron chi connectivity index (χ2n) is 7.00. The maximum Gasteiger partial charge on any atom is 0.274 e. The summed E-state index contributed by atoms with van der Waals surface area (Å²) >= 11 is 0. The molecule has 1 fully saturated rings. The number of nitrogens with zero attached hydrogens (tertiary/aromatic N) is 5. The van der Waals surface area contributed by atoms with E-state index in [4.69, 9.17) is 4.42 Å². The Balaban J connectivity index is 1.30. The normalized spacial score (nSPS) is 15.1. The van der Waals surface area contributed by atoms with Crippen LogP contribution in [-0.4, -0.2) is 48.6 Å². The van der Waals surface area contributed by atoms with Crippen LogP contribution in [0.25, 0.3) is 22.5 Å². The van der Waals surface area contributed by atoms with Crippen molar-refractivity contribution < 1.29 is 9.21 Å². The van der Waals surface area contributed by atoms with Gasteiger partial charge >= 0.3 is 0 Å². The van der Waals surface area contributed by atoms with Crippen molar-refractivity contribution in [2.45, 2.75) is 18.9 Å². The van der Waals surface area contributed by atoms with Gasteiger partial charge in [-0.15, -0.1) is 0 Å². The highest BCUT2D eigenvalue weighted by Crippen LogP contribution is 2.24. The molecule has 9 nitrogen and oxygen atoms in total. The second kappa shape index (κ2) is 7.01. The van der Waals surface area contributed by atoms with Crippen LogP contribution in [0.4, 0.5) is 0 Å². The Kier molecular flexibility index (Phi) is 4.19. The third-order valence-electron chi connectivity index (χ3n) is 5.28. The minimum absolute atomic E-state index is 0.00141. The molecule has 0 spiro atoms. The number of piperidine rings is 1. The number of amides is 1. The molecule has 5 heterocycles. The fourth-order valence-corrected chi connectivity index (χ4v) is 3.73. The summed E-state index contributed by atoms with van der Waals surface area (Å²) in [4.78, 5) is 35.7. The molecule has 0 aliphatic carbocycles. The van der Waals surface area contributed by atoms with Gasteiger partial charge in [-0.1, -0.05) is 0 Å². The van der Waals surface area contributed by atoms with Gasteiger partial charge in [-0.2, -0.15) is 5.10 Å². The minimum Gasteiger partial charge on any atom is -0.463 e. The molecular weight excluding hydrogens is 372 g/mol. The maximum absolute atomic E-state index is 12.8. The number of fused-ring (bicyclic) bond motifs is 1. The van der Waals surface area contributed by atoms with E-state index in [0.29, 0.717) is 54.1 Å². The number of carbonyl (C=O) groups excluding carboxylic acids is 1. The minimum atomic E-state index is -0.134. The SMILES string of the molecule is O=C(c1cc(-c2ccco2)[nH]n1)N1CCC(n2cnc3ncccc3c2=O)CC1. The maximum atomic E-state index is 12.8. The second-order valence-corrected chi connectivity index (χ2v) is 7.00. The third-order valence-corrected chi connectivity index (χ3v) is 5.28. The van der Waals surface area contributed by atoms with Crippen LogP contribution in [0.15, 0.2) is 58.3 Å². The van der Waals surface area contributed by atoms with Crippen LogP contribution in [0.5, 0.6) is 0 Å². The number of likely N-dealkylation sites (tertiary alicyclic amines) is 1. The molecule has 1 aliphatic heterocycles. The molecule has 0 atom stereocenters. The van der Waals surface area contributed by atoms with Crippen LogP contribution in [0.2, 0.25) is 0 Å². The number of H-pyrrole nitrogens is 1. The van der Waals surface area contributed by atoms with Crippen LogP contribution in [0.3, 0.4) is 0 Å². The van der Waals surface area contributed by atoms with E-state index in [-0.39, 0.29) is 17.5 Å². The first kappa shape index (κ1) is 17.4. The predicted molar refractivity (Wildman–Crippen MR) is 104 cm³/mol. The van der Waals surface area contributed by atoms with Crippen molar-refractivity contribution in [2.24, 2.45) is 0 Å². The Morgan fingerprint density at radius 1 is 1.17 bits per heavy atom. The number of furan rings is 1. The molecule has 5 rings (SSSR count). The molecule has 1 saturated heterocycles. The van der Waals surface area contributed by atoms with Crippen LogP contribution in [0, 0.1) is 0 Å². The average Bonchev–Trinajstić information content (AvgIpc) is 3.46. The van der Waals surface area contributed by atoms with Gasteiger partial charge in [0, 0.05) is 31.4 Å². The highest BCUT2D eigenvalue weighted by molar-refractivity contribution is 5.93. The third kappa shape index (κ3) is 3.10. The topological polar surface area (TPSA) is 110 Å². The largest absolute Gasteiger partial charge is 0.463 e. The van der Waals surface area contributed by atoms with Crippen molar-refractivity contribution in [3.05, 3.63) is 65.2 Å². The molecule has 0 aromatic carbocycles. The van der Waals surface area contributed by atoms with Gasteiger partial charge in [-0.05, 0) is 37.1 Å². The van der Waals surface area contributed by atoms with E-state index in [1.807, 2.05) is 0 Å². The lowest BCUT2D eigenvalue weighted by molar-refractivity contribution is 0.0687. The lowest BCUT2D eigenvalue weighted by atomic mass is 10.0. The summed E-state index contributed by atoms with van der Waals surface area (Å²) in [5, 5.41) is 7.47. The number of aromatic amines is 1. The number of aromatic nitrogens is 5. The Bertz CT molecular complexity index is 1220. The lowest BCUT2D eigenvalue weighted by Crippen LogP contribution is -2.41. The van der Waals surface area contributed by atoms with Gasteiger partial charge in [-0.25, -0.2) is 9.97 Å². The zero-order chi connectivity index (χ0) is 19.8. The summed E-state index contributed by atoms with van der Waals surface area (Å²) in [5.74, 6) is 0.499. The Hall–Kier alpha value is -3.75. The van der Waals surface area contributed by atoms with Gasteiger partial charge in [0.05, 0.1) is 11.6 Å².